The van der Waals surface area contributed by atoms with Gasteiger partial charge in [-0.3, -0.25) is 0 Å². The first-order valence-corrected chi connectivity index (χ1v) is 24.6. The Kier molecular flexibility index (Phi) is 10.6. The van der Waals surface area contributed by atoms with Crippen LogP contribution in [-0.4, -0.2) is 44.0 Å². The van der Waals surface area contributed by atoms with Crippen LogP contribution < -0.4 is 0 Å². The lowest BCUT2D eigenvalue weighted by Gasteiger charge is -2.42. The lowest BCUT2D eigenvalue weighted by molar-refractivity contribution is 0.320. The molecule has 0 aliphatic heterocycles. The number of aromatic hydroxyl groups is 2. The highest BCUT2D eigenvalue weighted by molar-refractivity contribution is 6.89. The van der Waals surface area contributed by atoms with E-state index in [0.29, 0.717) is 11.5 Å². The molecule has 5 nitrogen and oxygen atoms in total. The van der Waals surface area contributed by atoms with Crippen LogP contribution in [0.1, 0.15) is 24.0 Å². The lowest BCUT2D eigenvalue weighted by Crippen LogP contribution is -2.57. The van der Waals surface area contributed by atoms with Gasteiger partial charge in [-0.15, -0.1) is 0 Å². The third kappa shape index (κ3) is 11.2. The Labute approximate surface area is 217 Å². The van der Waals surface area contributed by atoms with Gasteiger partial charge >= 0.3 is 17.1 Å². The molecule has 0 saturated heterocycles. The molecule has 2 aromatic rings. The van der Waals surface area contributed by atoms with Crippen molar-refractivity contribution in [2.45, 2.75) is 90.1 Å². The maximum atomic E-state index is 10.2. The van der Waals surface area contributed by atoms with E-state index in [1.165, 1.54) is 0 Å². The summed E-state index contributed by atoms with van der Waals surface area (Å²) in [6, 6.07) is 17.0. The Morgan fingerprint density at radius 1 is 0.600 bits per heavy atom. The zero-order valence-electron chi connectivity index (χ0n) is 23.0. The zero-order chi connectivity index (χ0) is 26.3. The molecule has 2 rings (SSSR count). The Morgan fingerprint density at radius 2 is 1.06 bits per heavy atom. The summed E-state index contributed by atoms with van der Waals surface area (Å²) in [5.41, 5.74) is 1.96. The fraction of sp³-hybridized carbons (Fsp3) is 0.538. The van der Waals surface area contributed by atoms with E-state index in [1.54, 1.807) is 12.1 Å². The van der Waals surface area contributed by atoms with E-state index in [-0.39, 0.29) is 0 Å². The van der Waals surface area contributed by atoms with Crippen LogP contribution in [0.5, 0.6) is 11.5 Å². The predicted octanol–water partition coefficient (Wildman–Crippen LogP) is 7.53. The van der Waals surface area contributed by atoms with Crippen molar-refractivity contribution in [2.75, 3.05) is 0 Å². The van der Waals surface area contributed by atoms with E-state index in [0.717, 1.165) is 48.9 Å². The first-order valence-electron chi connectivity index (χ1n) is 12.7. The quantitative estimate of drug-likeness (QED) is 0.238. The molecule has 2 N–H and O–H groups in total. The van der Waals surface area contributed by atoms with Crippen LogP contribution in [0.15, 0.2) is 48.5 Å². The molecule has 196 valence electrons. The third-order valence-corrected chi connectivity index (χ3v) is 20.7. The van der Waals surface area contributed by atoms with Crippen LogP contribution >= 0.6 is 0 Å². The number of hydrogen-bond donors (Lipinski definition) is 2. The monoisotopic (exact) mass is 550 g/mol. The molecule has 0 aliphatic carbocycles. The van der Waals surface area contributed by atoms with Gasteiger partial charge < -0.3 is 22.6 Å². The van der Waals surface area contributed by atoms with Gasteiger partial charge in [0.25, 0.3) is 0 Å². The molecule has 0 saturated carbocycles. The average Bonchev–Trinajstić information content (AvgIpc) is 2.68. The minimum Gasteiger partial charge on any atom is -0.508 e. The van der Waals surface area contributed by atoms with Crippen molar-refractivity contribution in [2.24, 2.45) is 0 Å². The Balaban J connectivity index is 2.09. The second kappa shape index (κ2) is 12.4. The highest BCUT2D eigenvalue weighted by atomic mass is 28.5. The molecule has 0 heterocycles. The molecule has 0 fully saturated rings. The van der Waals surface area contributed by atoms with E-state index in [2.05, 4.69) is 52.4 Å². The van der Waals surface area contributed by atoms with Crippen LogP contribution in [0, 0.1) is 0 Å². The smallest absolute Gasteiger partial charge is 0.315 e. The molecule has 0 spiro atoms. The molecule has 0 amide bonds. The predicted molar refractivity (Wildman–Crippen MR) is 156 cm³/mol. The Morgan fingerprint density at radius 3 is 1.51 bits per heavy atom. The van der Waals surface area contributed by atoms with Gasteiger partial charge in [0.1, 0.15) is 11.5 Å². The summed E-state index contributed by atoms with van der Waals surface area (Å²) >= 11 is 0. The second-order valence-corrected chi connectivity index (χ2v) is 27.9. The molecule has 2 aromatic carbocycles. The van der Waals surface area contributed by atoms with Gasteiger partial charge in [-0.1, -0.05) is 36.4 Å². The van der Waals surface area contributed by atoms with Crippen LogP contribution in [0.25, 0.3) is 0 Å². The minimum absolute atomic E-state index is 0.355. The Bertz CT molecular complexity index is 945. The van der Waals surface area contributed by atoms with E-state index < -0.39 is 33.8 Å². The molecule has 35 heavy (non-hydrogen) atoms. The van der Waals surface area contributed by atoms with Crippen molar-refractivity contribution < 1.29 is 22.6 Å². The molecule has 0 aliphatic rings. The molecule has 0 radical (unpaired) electrons. The fourth-order valence-electron chi connectivity index (χ4n) is 4.79. The fourth-order valence-corrected chi connectivity index (χ4v) is 23.7. The normalized spacial score (nSPS) is 14.6. The Hall–Kier alpha value is -1.21. The number of aryl methyl sites for hydroxylation is 2. The van der Waals surface area contributed by atoms with Gasteiger partial charge in [0, 0.05) is 0 Å². The van der Waals surface area contributed by atoms with Gasteiger partial charge in [-0.05, 0) is 113 Å². The van der Waals surface area contributed by atoms with Crippen LogP contribution in [-0.2, 0) is 25.2 Å². The van der Waals surface area contributed by atoms with Crippen molar-refractivity contribution in [3.05, 3.63) is 59.7 Å². The van der Waals surface area contributed by atoms with Gasteiger partial charge in [-0.25, -0.2) is 0 Å². The summed E-state index contributed by atoms with van der Waals surface area (Å²) < 4.78 is 20.4. The number of phenolic OH excluding ortho intramolecular Hbond substituents is 2. The van der Waals surface area contributed by atoms with Gasteiger partial charge in [0.15, 0.2) is 16.6 Å². The highest BCUT2D eigenvalue weighted by Gasteiger charge is 2.45. The second-order valence-electron chi connectivity index (χ2n) is 11.7. The van der Waals surface area contributed by atoms with E-state index in [9.17, 15) is 10.2 Å². The summed E-state index contributed by atoms with van der Waals surface area (Å²) in [4.78, 5) is 0. The third-order valence-electron chi connectivity index (χ3n) is 5.79. The van der Waals surface area contributed by atoms with Crippen LogP contribution in [0.3, 0.4) is 0 Å². The highest BCUT2D eigenvalue weighted by Crippen LogP contribution is 2.31. The van der Waals surface area contributed by atoms with Crippen LogP contribution in [0.2, 0.25) is 64.5 Å². The molecule has 0 bridgehead atoms. The van der Waals surface area contributed by atoms with Crippen molar-refractivity contribution in [3.63, 3.8) is 0 Å². The van der Waals surface area contributed by atoms with Crippen LogP contribution in [0.4, 0.5) is 0 Å². The molecule has 9 heteroatoms. The number of hydrogen-bond acceptors (Lipinski definition) is 5. The summed E-state index contributed by atoms with van der Waals surface area (Å²) in [5.74, 6) is 0.726. The standard InChI is InChI=1S/C26H46O5Si4/c1-32(2,3)29-34(6,7)31-35(8,22-14-18-24-16-10-12-20-26(24)28)30-33(4,5)21-13-17-23-15-9-11-19-25(23)27/h9-12,15-16,19-20,27-28H,13-14,17-18,21-22H2,1-8H3. The summed E-state index contributed by atoms with van der Waals surface area (Å²) in [6.07, 6.45) is 3.53. The van der Waals surface area contributed by atoms with Crippen molar-refractivity contribution in [1.82, 2.24) is 0 Å². The zero-order valence-corrected chi connectivity index (χ0v) is 27.0. The SMILES string of the molecule is C[Si](C)(C)O[Si](C)(C)O[Si](C)(CCCc1ccccc1O)O[Si](C)(C)CCCc1ccccc1O. The van der Waals surface area contributed by atoms with Gasteiger partial charge in [-0.2, -0.15) is 0 Å². The summed E-state index contributed by atoms with van der Waals surface area (Å²) in [6.45, 7) is 17.7. The molecule has 0 aromatic heterocycles. The maximum Gasteiger partial charge on any atom is 0.315 e. The van der Waals surface area contributed by atoms with Gasteiger partial charge in [0.2, 0.25) is 0 Å². The van der Waals surface area contributed by atoms with E-state index in [4.69, 9.17) is 12.3 Å². The van der Waals surface area contributed by atoms with E-state index in [1.807, 2.05) is 36.4 Å². The topological polar surface area (TPSA) is 68.2 Å². The maximum absolute atomic E-state index is 10.2. The number of benzene rings is 2. The number of rotatable bonds is 14. The first-order chi connectivity index (χ1) is 16.1. The average molecular weight is 551 g/mol. The first kappa shape index (κ1) is 30.0. The minimum atomic E-state index is -2.54. The molecular weight excluding hydrogens is 505 g/mol. The van der Waals surface area contributed by atoms with Crippen molar-refractivity contribution in [1.29, 1.82) is 0 Å². The van der Waals surface area contributed by atoms with Crippen molar-refractivity contribution >= 4 is 33.8 Å². The summed E-state index contributed by atoms with van der Waals surface area (Å²) in [5, 5.41) is 20.3. The molecule has 1 unspecified atom stereocenters. The number of para-hydroxylation sites is 2. The largest absolute Gasteiger partial charge is 0.508 e. The van der Waals surface area contributed by atoms with Crippen molar-refractivity contribution in [3.8, 4) is 11.5 Å². The molecule has 1 atom stereocenters. The lowest BCUT2D eigenvalue weighted by atomic mass is 10.1. The summed E-state index contributed by atoms with van der Waals surface area (Å²) in [7, 11) is -8.68. The molecular formula is C26H46O5Si4. The van der Waals surface area contributed by atoms with E-state index >= 15 is 0 Å². The number of phenols is 2. The van der Waals surface area contributed by atoms with Gasteiger partial charge in [0.05, 0.1) is 0 Å².